The zero-order chi connectivity index (χ0) is 18.9. The summed E-state index contributed by atoms with van der Waals surface area (Å²) in [6.45, 7) is 6.66. The van der Waals surface area contributed by atoms with Crippen molar-refractivity contribution in [2.24, 2.45) is 16.8 Å². The van der Waals surface area contributed by atoms with Crippen LogP contribution in [0.2, 0.25) is 0 Å². The van der Waals surface area contributed by atoms with Crippen molar-refractivity contribution in [1.82, 2.24) is 15.5 Å². The third-order valence-electron chi connectivity index (χ3n) is 5.23. The number of carbonyl (C=O) groups is 1. The summed E-state index contributed by atoms with van der Waals surface area (Å²) in [5, 5.41) is 6.28. The number of rotatable bonds is 7. The molecule has 0 radical (unpaired) electrons. The van der Waals surface area contributed by atoms with Crippen LogP contribution < -0.4 is 10.6 Å². The van der Waals surface area contributed by atoms with Crippen LogP contribution in [0.25, 0.3) is 0 Å². The van der Waals surface area contributed by atoms with Gasteiger partial charge in [-0.15, -0.1) is 0 Å². The van der Waals surface area contributed by atoms with Crippen molar-refractivity contribution < 1.29 is 9.21 Å². The van der Waals surface area contributed by atoms with E-state index in [1.807, 2.05) is 14.0 Å². The fourth-order valence-corrected chi connectivity index (χ4v) is 3.55. The van der Waals surface area contributed by atoms with E-state index in [2.05, 4.69) is 34.5 Å². The second kappa shape index (κ2) is 10.2. The third-order valence-corrected chi connectivity index (χ3v) is 5.23. The smallest absolute Gasteiger partial charge is 0.287 e. The first-order chi connectivity index (χ1) is 12.5. The zero-order valence-electron chi connectivity index (χ0n) is 16.7. The predicted molar refractivity (Wildman–Crippen MR) is 106 cm³/mol. The lowest BCUT2D eigenvalue weighted by molar-refractivity contribution is 0.0925. The van der Waals surface area contributed by atoms with Crippen molar-refractivity contribution >= 4 is 11.9 Å². The van der Waals surface area contributed by atoms with Crippen LogP contribution in [-0.2, 0) is 0 Å². The van der Waals surface area contributed by atoms with Gasteiger partial charge in [-0.25, -0.2) is 0 Å². The zero-order valence-corrected chi connectivity index (χ0v) is 16.7. The standard InChI is InChI=1S/C20H34N4O2/c1-15-6-8-17(9-7-15)14-24(4)20(21-3)23-12-5-11-22-19(25)18-16(2)10-13-26-18/h10,13,15,17H,5-9,11-12,14H2,1-4H3,(H,21,23)(H,22,25). The maximum atomic E-state index is 12.0. The Morgan fingerprint density at radius 1 is 1.27 bits per heavy atom. The van der Waals surface area contributed by atoms with Crippen LogP contribution in [0.4, 0.5) is 0 Å². The van der Waals surface area contributed by atoms with Gasteiger partial charge in [-0.05, 0) is 44.1 Å². The Kier molecular flexibility index (Phi) is 8.01. The summed E-state index contributed by atoms with van der Waals surface area (Å²) in [4.78, 5) is 18.6. The maximum absolute atomic E-state index is 12.0. The minimum Gasteiger partial charge on any atom is -0.459 e. The summed E-state index contributed by atoms with van der Waals surface area (Å²) in [5.74, 6) is 2.83. The van der Waals surface area contributed by atoms with Gasteiger partial charge in [-0.1, -0.05) is 19.8 Å². The van der Waals surface area contributed by atoms with E-state index in [0.29, 0.717) is 12.3 Å². The number of hydrogen-bond donors (Lipinski definition) is 2. The molecule has 1 amide bonds. The predicted octanol–water partition coefficient (Wildman–Crippen LogP) is 3.04. The lowest BCUT2D eigenvalue weighted by Crippen LogP contribution is -2.42. The first-order valence-electron chi connectivity index (χ1n) is 9.75. The van der Waals surface area contributed by atoms with Gasteiger partial charge in [0, 0.05) is 39.3 Å². The number of aryl methyl sites for hydroxylation is 1. The van der Waals surface area contributed by atoms with Crippen molar-refractivity contribution in [3.63, 3.8) is 0 Å². The highest BCUT2D eigenvalue weighted by atomic mass is 16.3. The van der Waals surface area contributed by atoms with Crippen LogP contribution in [0.5, 0.6) is 0 Å². The van der Waals surface area contributed by atoms with E-state index in [1.165, 1.54) is 25.7 Å². The largest absolute Gasteiger partial charge is 0.459 e. The van der Waals surface area contributed by atoms with Gasteiger partial charge in [0.25, 0.3) is 5.91 Å². The number of guanidine groups is 1. The molecule has 0 saturated heterocycles. The summed E-state index contributed by atoms with van der Waals surface area (Å²) in [5.41, 5.74) is 0.861. The highest BCUT2D eigenvalue weighted by molar-refractivity contribution is 5.92. The van der Waals surface area contributed by atoms with Crippen molar-refractivity contribution in [3.8, 4) is 0 Å². The molecule has 2 rings (SSSR count). The fourth-order valence-electron chi connectivity index (χ4n) is 3.55. The number of carbonyl (C=O) groups excluding carboxylic acids is 1. The van der Waals surface area contributed by atoms with E-state index >= 15 is 0 Å². The molecule has 1 aliphatic rings. The molecule has 0 aliphatic heterocycles. The molecule has 1 aromatic rings. The molecule has 0 atom stereocenters. The summed E-state index contributed by atoms with van der Waals surface area (Å²) in [7, 11) is 3.93. The van der Waals surface area contributed by atoms with Crippen molar-refractivity contribution in [2.75, 3.05) is 33.7 Å². The lowest BCUT2D eigenvalue weighted by Gasteiger charge is -2.31. The van der Waals surface area contributed by atoms with E-state index in [-0.39, 0.29) is 5.91 Å². The second-order valence-electron chi connectivity index (χ2n) is 7.52. The molecule has 2 N–H and O–H groups in total. The highest BCUT2D eigenvalue weighted by Gasteiger charge is 2.20. The summed E-state index contributed by atoms with van der Waals surface area (Å²) in [6, 6.07) is 1.79. The van der Waals surface area contributed by atoms with Crippen molar-refractivity contribution in [2.45, 2.75) is 46.0 Å². The molecule has 26 heavy (non-hydrogen) atoms. The van der Waals surface area contributed by atoms with Gasteiger partial charge in [0.05, 0.1) is 6.26 Å². The third kappa shape index (κ3) is 6.07. The monoisotopic (exact) mass is 362 g/mol. The van der Waals surface area contributed by atoms with Crippen LogP contribution in [0.1, 0.15) is 55.1 Å². The Bertz CT molecular complexity index is 588. The molecule has 6 nitrogen and oxygen atoms in total. The average Bonchev–Trinajstić information content (AvgIpc) is 3.06. The quantitative estimate of drug-likeness (QED) is 0.444. The Hall–Kier alpha value is -1.98. The van der Waals surface area contributed by atoms with Crippen molar-refractivity contribution in [3.05, 3.63) is 23.7 Å². The van der Waals surface area contributed by atoms with Crippen molar-refractivity contribution in [1.29, 1.82) is 0 Å². The first kappa shape index (κ1) is 20.3. The van der Waals surface area contributed by atoms with E-state index in [1.54, 1.807) is 12.3 Å². The molecule has 0 bridgehead atoms. The van der Waals surface area contributed by atoms with Crippen LogP contribution in [0, 0.1) is 18.8 Å². The number of hydrogen-bond acceptors (Lipinski definition) is 3. The molecular formula is C20H34N4O2. The molecule has 1 fully saturated rings. The molecule has 0 spiro atoms. The Balaban J connectivity index is 1.63. The van der Waals surface area contributed by atoms with Gasteiger partial charge in [-0.2, -0.15) is 0 Å². The summed E-state index contributed by atoms with van der Waals surface area (Å²) < 4.78 is 5.20. The van der Waals surface area contributed by atoms with E-state index in [0.717, 1.165) is 42.9 Å². The molecule has 0 unspecified atom stereocenters. The Labute approximate surface area is 157 Å². The summed E-state index contributed by atoms with van der Waals surface area (Å²) in [6.07, 6.45) is 7.71. The molecule has 1 aliphatic carbocycles. The second-order valence-corrected chi connectivity index (χ2v) is 7.52. The maximum Gasteiger partial charge on any atom is 0.287 e. The van der Waals surface area contributed by atoms with Crippen LogP contribution in [-0.4, -0.2) is 50.5 Å². The molecule has 1 heterocycles. The van der Waals surface area contributed by atoms with Gasteiger partial charge in [-0.3, -0.25) is 9.79 Å². The topological polar surface area (TPSA) is 69.9 Å². The number of aliphatic imine (C=N–C) groups is 1. The molecule has 0 aromatic carbocycles. The van der Waals surface area contributed by atoms with Gasteiger partial charge in [0.2, 0.25) is 0 Å². The molecular weight excluding hydrogens is 328 g/mol. The minimum absolute atomic E-state index is 0.152. The van der Waals surface area contributed by atoms with E-state index < -0.39 is 0 Å². The van der Waals surface area contributed by atoms with E-state index in [4.69, 9.17) is 4.42 Å². The van der Waals surface area contributed by atoms with E-state index in [9.17, 15) is 4.79 Å². The molecule has 6 heteroatoms. The Morgan fingerprint density at radius 2 is 1.96 bits per heavy atom. The SMILES string of the molecule is CN=C(NCCCNC(=O)c1occc1C)N(C)CC1CCC(C)CC1. The molecule has 1 saturated carbocycles. The number of furan rings is 1. The van der Waals surface area contributed by atoms with Gasteiger partial charge >= 0.3 is 0 Å². The highest BCUT2D eigenvalue weighted by Crippen LogP contribution is 2.28. The first-order valence-corrected chi connectivity index (χ1v) is 9.75. The van der Waals surface area contributed by atoms with Gasteiger partial charge in [0.1, 0.15) is 0 Å². The normalized spacial score (nSPS) is 20.7. The van der Waals surface area contributed by atoms with Crippen LogP contribution >= 0.6 is 0 Å². The number of amides is 1. The van der Waals surface area contributed by atoms with Gasteiger partial charge in [0.15, 0.2) is 11.7 Å². The summed E-state index contributed by atoms with van der Waals surface area (Å²) >= 11 is 0. The minimum atomic E-state index is -0.152. The van der Waals surface area contributed by atoms with Crippen LogP contribution in [0.3, 0.4) is 0 Å². The molecule has 146 valence electrons. The number of nitrogens with one attached hydrogen (secondary N) is 2. The van der Waals surface area contributed by atoms with Gasteiger partial charge < -0.3 is 20.0 Å². The number of nitrogens with zero attached hydrogens (tertiary/aromatic N) is 2. The fraction of sp³-hybridized carbons (Fsp3) is 0.700. The average molecular weight is 363 g/mol. The molecule has 1 aromatic heterocycles. The lowest BCUT2D eigenvalue weighted by atomic mass is 9.83. The Morgan fingerprint density at radius 3 is 2.58 bits per heavy atom. The van der Waals surface area contributed by atoms with Crippen LogP contribution in [0.15, 0.2) is 21.7 Å².